The van der Waals surface area contributed by atoms with Gasteiger partial charge < -0.3 is 13.9 Å². The molecule has 0 aliphatic carbocycles. The molecule has 0 unspecified atom stereocenters. The first-order valence-electron chi connectivity index (χ1n) is 21.5. The minimum absolute atomic E-state index is 0.0230. The van der Waals surface area contributed by atoms with Crippen LogP contribution in [-0.2, 0) is 5.41 Å². The minimum atomic E-state index is -0.0491. The van der Waals surface area contributed by atoms with E-state index in [1.54, 1.807) is 0 Å². The molecule has 288 valence electrons. The molecular formula is C57H42BN3. The van der Waals surface area contributed by atoms with Gasteiger partial charge in [0.15, 0.2) is 0 Å². The molecule has 0 spiro atoms. The Kier molecular flexibility index (Phi) is 6.88. The smallest absolute Gasteiger partial charge is 0.333 e. The minimum Gasteiger partial charge on any atom is -0.375 e. The van der Waals surface area contributed by atoms with E-state index >= 15 is 0 Å². The topological polar surface area (TPSA) is 13.1 Å². The van der Waals surface area contributed by atoms with Crippen molar-refractivity contribution in [1.29, 1.82) is 0 Å². The van der Waals surface area contributed by atoms with E-state index in [0.717, 1.165) is 11.3 Å². The molecule has 0 radical (unpaired) electrons. The molecule has 4 heterocycles. The standard InChI is InChI=1S/C57H42BN3/c1-34(2)36-28-40(57(3,4)5)33-42(29-36)60-53-23-13-17-46-48-19-12-18-47-45-16-8-11-22-52(45)61(56(47)48)58(55(46)53)49-31-38-27-37-30-41(25-24-35(37)26-39(38)32-54(49)60)59-50-20-9-6-14-43(50)44-15-7-10-21-51(44)59/h6-33H,1H2,2-5H3. The first kappa shape index (κ1) is 34.6. The fourth-order valence-electron chi connectivity index (χ4n) is 10.9. The van der Waals surface area contributed by atoms with Crippen LogP contribution in [0.25, 0.3) is 87.5 Å². The summed E-state index contributed by atoms with van der Waals surface area (Å²) < 4.78 is 5.07. The summed E-state index contributed by atoms with van der Waals surface area (Å²) in [5.41, 5.74) is 18.5. The fourth-order valence-corrected chi connectivity index (χ4v) is 10.9. The van der Waals surface area contributed by atoms with E-state index in [4.69, 9.17) is 0 Å². The van der Waals surface area contributed by atoms with Gasteiger partial charge in [0.05, 0.1) is 11.0 Å². The molecule has 0 saturated carbocycles. The molecule has 9 aromatic carbocycles. The van der Waals surface area contributed by atoms with Gasteiger partial charge >= 0.3 is 6.85 Å². The lowest BCUT2D eigenvalue weighted by molar-refractivity contribution is 0.590. The van der Waals surface area contributed by atoms with Crippen LogP contribution >= 0.6 is 0 Å². The van der Waals surface area contributed by atoms with Crippen LogP contribution in [0.5, 0.6) is 0 Å². The maximum atomic E-state index is 4.44. The molecule has 2 aliphatic rings. The van der Waals surface area contributed by atoms with E-state index in [-0.39, 0.29) is 12.3 Å². The summed E-state index contributed by atoms with van der Waals surface area (Å²) in [7, 11) is 0. The molecule has 0 atom stereocenters. The van der Waals surface area contributed by atoms with Gasteiger partial charge in [-0.2, -0.15) is 0 Å². The third-order valence-corrected chi connectivity index (χ3v) is 13.7. The van der Waals surface area contributed by atoms with Crippen molar-refractivity contribution in [3.05, 3.63) is 188 Å². The molecule has 0 amide bonds. The SMILES string of the molecule is C=C(C)c1cc(N2c3cc4cc5ccc(-n6c7ccccc7c7ccccc76)cc5cc4cc3B3c4c(cccc42)-c2cccc4c5ccccc5n3c24)cc(C(C)(C)C)c1. The summed E-state index contributed by atoms with van der Waals surface area (Å²) in [5, 5.41) is 10.1. The van der Waals surface area contributed by atoms with Gasteiger partial charge in [-0.05, 0) is 128 Å². The lowest BCUT2D eigenvalue weighted by Crippen LogP contribution is -2.56. The molecule has 61 heavy (non-hydrogen) atoms. The molecule has 13 rings (SSSR count). The molecule has 0 saturated heterocycles. The van der Waals surface area contributed by atoms with Crippen molar-refractivity contribution in [3.63, 3.8) is 0 Å². The summed E-state index contributed by atoms with van der Waals surface area (Å²) in [6, 6.07) is 64.2. The number of benzene rings is 9. The van der Waals surface area contributed by atoms with Crippen LogP contribution in [0.15, 0.2) is 176 Å². The van der Waals surface area contributed by atoms with E-state index in [1.165, 1.54) is 115 Å². The Morgan fingerprint density at radius 2 is 1.13 bits per heavy atom. The van der Waals surface area contributed by atoms with E-state index in [2.05, 4.69) is 218 Å². The van der Waals surface area contributed by atoms with Gasteiger partial charge in [-0.15, -0.1) is 0 Å². The average molecular weight is 780 g/mol. The second-order valence-electron chi connectivity index (χ2n) is 18.4. The predicted octanol–water partition coefficient (Wildman–Crippen LogP) is 13.9. The van der Waals surface area contributed by atoms with Gasteiger partial charge in [-0.25, -0.2) is 0 Å². The van der Waals surface area contributed by atoms with Gasteiger partial charge in [0.25, 0.3) is 0 Å². The third kappa shape index (κ3) is 4.76. The summed E-state index contributed by atoms with van der Waals surface area (Å²) in [6.45, 7) is 13.5. The zero-order valence-corrected chi connectivity index (χ0v) is 34.8. The number of hydrogen-bond donors (Lipinski definition) is 0. The van der Waals surface area contributed by atoms with Crippen LogP contribution in [0.3, 0.4) is 0 Å². The second kappa shape index (κ2) is 12.1. The van der Waals surface area contributed by atoms with Crippen LogP contribution < -0.4 is 15.8 Å². The van der Waals surface area contributed by atoms with Gasteiger partial charge in [0, 0.05) is 60.9 Å². The Hall–Kier alpha value is -7.30. The quantitative estimate of drug-likeness (QED) is 0.129. The molecule has 11 aromatic rings. The highest BCUT2D eigenvalue weighted by molar-refractivity contribution is 6.90. The third-order valence-electron chi connectivity index (χ3n) is 13.7. The maximum absolute atomic E-state index is 4.44. The zero-order chi connectivity index (χ0) is 40.9. The number of anilines is 3. The van der Waals surface area contributed by atoms with Crippen molar-refractivity contribution in [2.24, 2.45) is 0 Å². The van der Waals surface area contributed by atoms with E-state index in [0.29, 0.717) is 0 Å². The van der Waals surface area contributed by atoms with Gasteiger partial charge in [0.2, 0.25) is 0 Å². The molecule has 2 aliphatic heterocycles. The van der Waals surface area contributed by atoms with Crippen molar-refractivity contribution in [2.75, 3.05) is 4.90 Å². The molecule has 4 heteroatoms. The van der Waals surface area contributed by atoms with Gasteiger partial charge in [-0.1, -0.05) is 136 Å². The lowest BCUT2D eigenvalue weighted by atomic mass is 9.45. The first-order valence-corrected chi connectivity index (χ1v) is 21.5. The Morgan fingerprint density at radius 1 is 0.508 bits per heavy atom. The molecule has 3 nitrogen and oxygen atoms in total. The summed E-state index contributed by atoms with van der Waals surface area (Å²) in [5.74, 6) is 0. The number of allylic oxidation sites excluding steroid dienone is 1. The summed E-state index contributed by atoms with van der Waals surface area (Å²) in [4.78, 5) is 2.55. The van der Waals surface area contributed by atoms with Crippen molar-refractivity contribution in [2.45, 2.75) is 33.1 Å². The Balaban J connectivity index is 1.11. The lowest BCUT2D eigenvalue weighted by Gasteiger charge is -2.41. The van der Waals surface area contributed by atoms with Crippen LogP contribution in [0.1, 0.15) is 38.8 Å². The van der Waals surface area contributed by atoms with Crippen LogP contribution in [-0.4, -0.2) is 15.9 Å². The summed E-state index contributed by atoms with van der Waals surface area (Å²) >= 11 is 0. The Morgan fingerprint density at radius 3 is 1.87 bits per heavy atom. The van der Waals surface area contributed by atoms with E-state index < -0.39 is 0 Å². The van der Waals surface area contributed by atoms with Crippen molar-refractivity contribution < 1.29 is 0 Å². The van der Waals surface area contributed by atoms with Crippen LogP contribution in [0.4, 0.5) is 17.1 Å². The number of para-hydroxylation sites is 4. The van der Waals surface area contributed by atoms with E-state index in [9.17, 15) is 0 Å². The van der Waals surface area contributed by atoms with Gasteiger partial charge in [0.1, 0.15) is 0 Å². The molecule has 2 aromatic heterocycles. The molecular weight excluding hydrogens is 737 g/mol. The normalized spacial score (nSPS) is 13.2. The van der Waals surface area contributed by atoms with E-state index in [1.807, 2.05) is 0 Å². The molecule has 0 N–H and O–H groups in total. The van der Waals surface area contributed by atoms with Crippen molar-refractivity contribution in [3.8, 4) is 16.8 Å². The van der Waals surface area contributed by atoms with Crippen molar-refractivity contribution in [1.82, 2.24) is 9.05 Å². The van der Waals surface area contributed by atoms with Crippen LogP contribution in [0.2, 0.25) is 0 Å². The number of rotatable bonds is 3. The van der Waals surface area contributed by atoms with Crippen molar-refractivity contribution >= 4 is 106 Å². The molecule has 0 bridgehead atoms. The highest BCUT2D eigenvalue weighted by atomic mass is 15.2. The number of fused-ring (bicyclic) bond motifs is 12. The largest absolute Gasteiger partial charge is 0.375 e. The van der Waals surface area contributed by atoms with Gasteiger partial charge in [-0.3, -0.25) is 0 Å². The second-order valence-corrected chi connectivity index (χ2v) is 18.4. The average Bonchev–Trinajstić information content (AvgIpc) is 3.79. The number of hydrogen-bond acceptors (Lipinski definition) is 1. The Labute approximate surface area is 355 Å². The number of nitrogens with zero attached hydrogens (tertiary/aromatic N) is 3. The highest BCUT2D eigenvalue weighted by Gasteiger charge is 2.43. The maximum Gasteiger partial charge on any atom is 0.333 e. The zero-order valence-electron chi connectivity index (χ0n) is 34.8. The monoisotopic (exact) mass is 779 g/mol. The highest BCUT2D eigenvalue weighted by Crippen LogP contribution is 2.47. The van der Waals surface area contributed by atoms with Crippen LogP contribution in [0, 0.1) is 0 Å². The predicted molar refractivity (Wildman–Crippen MR) is 263 cm³/mol. The molecule has 0 fully saturated rings. The number of aromatic nitrogens is 2. The summed E-state index contributed by atoms with van der Waals surface area (Å²) in [6.07, 6.45) is 0. The Bertz CT molecular complexity index is 3690. The fraction of sp³-hybridized carbons (Fsp3) is 0.0877. The first-order chi connectivity index (χ1) is 29.7.